The van der Waals surface area contributed by atoms with Crippen LogP contribution in [-0.4, -0.2) is 5.54 Å². The molecule has 2 rings (SSSR count). The summed E-state index contributed by atoms with van der Waals surface area (Å²) in [6, 6.07) is 7.30. The lowest BCUT2D eigenvalue weighted by Crippen LogP contribution is -2.46. The standard InChI is InChI=1S/C16H21FN2/c1-11-4-5-16(10-18,13(3)6-11)19-15-8-12(2)7-14(17)9-15/h7-9,11,13,19H,4-6H2,1-3H3. The van der Waals surface area contributed by atoms with Crippen LogP contribution in [0.3, 0.4) is 0 Å². The topological polar surface area (TPSA) is 35.8 Å². The van der Waals surface area contributed by atoms with Gasteiger partial charge in [-0.25, -0.2) is 4.39 Å². The van der Waals surface area contributed by atoms with E-state index in [9.17, 15) is 9.65 Å². The third kappa shape index (κ3) is 2.89. The van der Waals surface area contributed by atoms with Crippen LogP contribution in [0.25, 0.3) is 0 Å². The van der Waals surface area contributed by atoms with Gasteiger partial charge in [0.25, 0.3) is 0 Å². The van der Waals surface area contributed by atoms with Crippen molar-refractivity contribution in [3.05, 3.63) is 29.6 Å². The van der Waals surface area contributed by atoms with Gasteiger partial charge in [-0.05, 0) is 61.8 Å². The van der Waals surface area contributed by atoms with E-state index in [2.05, 4.69) is 25.2 Å². The second-order valence-corrected chi connectivity index (χ2v) is 6.01. The van der Waals surface area contributed by atoms with Crippen LogP contribution in [0, 0.1) is 35.9 Å². The number of benzene rings is 1. The van der Waals surface area contributed by atoms with E-state index in [4.69, 9.17) is 0 Å². The van der Waals surface area contributed by atoms with E-state index in [0.717, 1.165) is 24.8 Å². The van der Waals surface area contributed by atoms with Gasteiger partial charge >= 0.3 is 0 Å². The maximum atomic E-state index is 13.4. The minimum Gasteiger partial charge on any atom is -0.367 e. The van der Waals surface area contributed by atoms with E-state index in [-0.39, 0.29) is 11.7 Å². The molecule has 1 N–H and O–H groups in total. The summed E-state index contributed by atoms with van der Waals surface area (Å²) in [4.78, 5) is 0. The number of nitriles is 1. The quantitative estimate of drug-likeness (QED) is 0.862. The minimum absolute atomic E-state index is 0.257. The smallest absolute Gasteiger partial charge is 0.127 e. The van der Waals surface area contributed by atoms with E-state index in [0.29, 0.717) is 11.6 Å². The number of hydrogen-bond acceptors (Lipinski definition) is 2. The molecule has 0 aliphatic heterocycles. The SMILES string of the molecule is Cc1cc(F)cc(NC2(C#N)CCC(C)CC2C)c1. The van der Waals surface area contributed by atoms with Crippen molar-refractivity contribution in [1.29, 1.82) is 5.26 Å². The first-order chi connectivity index (χ1) is 8.95. The predicted octanol–water partition coefficient (Wildman–Crippen LogP) is 4.26. The lowest BCUT2D eigenvalue weighted by Gasteiger charge is -2.40. The van der Waals surface area contributed by atoms with Gasteiger partial charge < -0.3 is 5.32 Å². The van der Waals surface area contributed by atoms with Gasteiger partial charge in [-0.3, -0.25) is 0 Å². The number of halogens is 1. The molecule has 1 aromatic carbocycles. The first kappa shape index (κ1) is 13.9. The summed E-state index contributed by atoms with van der Waals surface area (Å²) in [6.45, 7) is 6.20. The second-order valence-electron chi connectivity index (χ2n) is 6.01. The summed E-state index contributed by atoms with van der Waals surface area (Å²) in [5.74, 6) is 0.671. The van der Waals surface area contributed by atoms with Gasteiger partial charge in [0.15, 0.2) is 0 Å². The molecular weight excluding hydrogens is 239 g/mol. The summed E-state index contributed by atoms with van der Waals surface area (Å²) < 4.78 is 13.4. The molecule has 19 heavy (non-hydrogen) atoms. The number of rotatable bonds is 2. The molecule has 1 aromatic rings. The first-order valence-electron chi connectivity index (χ1n) is 6.92. The Morgan fingerprint density at radius 3 is 2.68 bits per heavy atom. The van der Waals surface area contributed by atoms with E-state index in [1.807, 2.05) is 13.0 Å². The van der Waals surface area contributed by atoms with Gasteiger partial charge in [0.1, 0.15) is 11.4 Å². The molecule has 3 heteroatoms. The van der Waals surface area contributed by atoms with E-state index in [1.165, 1.54) is 12.1 Å². The zero-order chi connectivity index (χ0) is 14.0. The average Bonchev–Trinajstić information content (AvgIpc) is 2.32. The summed E-state index contributed by atoms with van der Waals surface area (Å²) in [5.41, 5.74) is 1.01. The Kier molecular flexibility index (Phi) is 3.80. The molecule has 1 aliphatic rings. The van der Waals surface area contributed by atoms with Crippen LogP contribution < -0.4 is 5.32 Å². The molecule has 2 nitrogen and oxygen atoms in total. The maximum absolute atomic E-state index is 13.4. The van der Waals surface area contributed by atoms with Crippen LogP contribution in [0.2, 0.25) is 0 Å². The van der Waals surface area contributed by atoms with Crippen LogP contribution in [0.4, 0.5) is 10.1 Å². The highest BCUT2D eigenvalue weighted by Gasteiger charge is 2.40. The maximum Gasteiger partial charge on any atom is 0.127 e. The van der Waals surface area contributed by atoms with E-state index < -0.39 is 5.54 Å². The van der Waals surface area contributed by atoms with Crippen LogP contribution in [0.5, 0.6) is 0 Å². The summed E-state index contributed by atoms with van der Waals surface area (Å²) >= 11 is 0. The molecule has 0 radical (unpaired) electrons. The number of anilines is 1. The summed E-state index contributed by atoms with van der Waals surface area (Å²) in [7, 11) is 0. The fourth-order valence-corrected chi connectivity index (χ4v) is 3.09. The van der Waals surface area contributed by atoms with Crippen LogP contribution in [0.15, 0.2) is 18.2 Å². The van der Waals surface area contributed by atoms with Crippen molar-refractivity contribution in [2.75, 3.05) is 5.32 Å². The third-order valence-corrected chi connectivity index (χ3v) is 4.24. The van der Waals surface area contributed by atoms with Crippen molar-refractivity contribution < 1.29 is 4.39 Å². The summed E-state index contributed by atoms with van der Waals surface area (Å²) in [6.07, 6.45) is 2.90. The van der Waals surface area contributed by atoms with Crippen LogP contribution in [0.1, 0.15) is 38.7 Å². The van der Waals surface area contributed by atoms with Crippen molar-refractivity contribution in [2.24, 2.45) is 11.8 Å². The van der Waals surface area contributed by atoms with E-state index in [1.54, 1.807) is 0 Å². The largest absolute Gasteiger partial charge is 0.367 e. The highest BCUT2D eigenvalue weighted by atomic mass is 19.1. The molecule has 0 aromatic heterocycles. The number of aryl methyl sites for hydroxylation is 1. The van der Waals surface area contributed by atoms with Crippen molar-refractivity contribution in [2.45, 2.75) is 45.6 Å². The van der Waals surface area contributed by atoms with Crippen molar-refractivity contribution in [3.63, 3.8) is 0 Å². The molecule has 3 atom stereocenters. The van der Waals surface area contributed by atoms with E-state index >= 15 is 0 Å². The zero-order valence-corrected chi connectivity index (χ0v) is 11.8. The Balaban J connectivity index is 2.26. The number of hydrogen-bond donors (Lipinski definition) is 1. The van der Waals surface area contributed by atoms with Crippen molar-refractivity contribution in [1.82, 2.24) is 0 Å². The zero-order valence-electron chi connectivity index (χ0n) is 11.8. The highest BCUT2D eigenvalue weighted by molar-refractivity contribution is 5.50. The van der Waals surface area contributed by atoms with Gasteiger partial charge in [0.2, 0.25) is 0 Å². The molecule has 0 saturated heterocycles. The molecule has 1 saturated carbocycles. The number of nitrogens with one attached hydrogen (secondary N) is 1. The highest BCUT2D eigenvalue weighted by Crippen LogP contribution is 2.38. The van der Waals surface area contributed by atoms with Crippen molar-refractivity contribution >= 4 is 5.69 Å². The van der Waals surface area contributed by atoms with Gasteiger partial charge in [-0.15, -0.1) is 0 Å². The fraction of sp³-hybridized carbons (Fsp3) is 0.562. The first-order valence-corrected chi connectivity index (χ1v) is 6.92. The lowest BCUT2D eigenvalue weighted by molar-refractivity contribution is 0.229. The monoisotopic (exact) mass is 260 g/mol. The molecule has 1 aliphatic carbocycles. The fourth-order valence-electron chi connectivity index (χ4n) is 3.09. The van der Waals surface area contributed by atoms with Gasteiger partial charge in [-0.2, -0.15) is 5.26 Å². The van der Waals surface area contributed by atoms with Gasteiger partial charge in [-0.1, -0.05) is 13.8 Å². The lowest BCUT2D eigenvalue weighted by atomic mass is 9.70. The Hall–Kier alpha value is -1.56. The van der Waals surface area contributed by atoms with Gasteiger partial charge in [0, 0.05) is 5.69 Å². The Labute approximate surface area is 114 Å². The molecule has 0 bridgehead atoms. The molecular formula is C16H21FN2. The summed E-state index contributed by atoms with van der Waals surface area (Å²) in [5, 5.41) is 12.9. The Morgan fingerprint density at radius 2 is 2.11 bits per heavy atom. The number of nitrogens with zero attached hydrogens (tertiary/aromatic N) is 1. The molecule has 0 spiro atoms. The van der Waals surface area contributed by atoms with Crippen molar-refractivity contribution in [3.8, 4) is 6.07 Å². The average molecular weight is 260 g/mol. The molecule has 1 fully saturated rings. The second kappa shape index (κ2) is 5.21. The van der Waals surface area contributed by atoms with Crippen LogP contribution in [-0.2, 0) is 0 Å². The Morgan fingerprint density at radius 1 is 1.37 bits per heavy atom. The third-order valence-electron chi connectivity index (χ3n) is 4.24. The molecule has 102 valence electrons. The Bertz CT molecular complexity index is 486. The predicted molar refractivity (Wildman–Crippen MR) is 75.3 cm³/mol. The molecule has 0 amide bonds. The molecule has 3 unspecified atom stereocenters. The normalized spacial score (nSPS) is 30.7. The van der Waals surface area contributed by atoms with Crippen LogP contribution >= 0.6 is 0 Å². The van der Waals surface area contributed by atoms with Gasteiger partial charge in [0.05, 0.1) is 6.07 Å². The minimum atomic E-state index is -0.563. The molecule has 0 heterocycles.